The fourth-order valence-electron chi connectivity index (χ4n) is 3.50. The van der Waals surface area contributed by atoms with Crippen LogP contribution in [-0.2, 0) is 16.0 Å². The van der Waals surface area contributed by atoms with Gasteiger partial charge in [0.25, 0.3) is 0 Å². The minimum atomic E-state index is -1.24. The predicted octanol–water partition coefficient (Wildman–Crippen LogP) is 2.75. The number of nitrogens with one attached hydrogen (secondary N) is 3. The maximum atomic E-state index is 14.4. The lowest BCUT2D eigenvalue weighted by molar-refractivity contribution is -0.115. The van der Waals surface area contributed by atoms with Crippen LogP contribution in [0.1, 0.15) is 55.7 Å². The van der Waals surface area contributed by atoms with Crippen molar-refractivity contribution in [1.29, 1.82) is 0 Å². The molecule has 156 valence electrons. The Morgan fingerprint density at radius 2 is 2.17 bits per heavy atom. The van der Waals surface area contributed by atoms with Crippen molar-refractivity contribution in [2.24, 2.45) is 0 Å². The Labute approximate surface area is 166 Å². The molecule has 0 saturated heterocycles. The van der Waals surface area contributed by atoms with E-state index < -0.39 is 18.4 Å². The zero-order valence-electron chi connectivity index (χ0n) is 16.3. The van der Waals surface area contributed by atoms with Crippen LogP contribution in [0.4, 0.5) is 15.0 Å². The molecule has 10 heteroatoms. The number of halogens is 1. The van der Waals surface area contributed by atoms with E-state index in [0.717, 1.165) is 12.8 Å². The van der Waals surface area contributed by atoms with Gasteiger partial charge in [0, 0.05) is 29.3 Å². The predicted molar refractivity (Wildman–Crippen MR) is 100 cm³/mol. The third-order valence-electron chi connectivity index (χ3n) is 5.41. The molecule has 2 amide bonds. The molecular formula is C19H24FN5O4. The van der Waals surface area contributed by atoms with E-state index >= 15 is 0 Å². The van der Waals surface area contributed by atoms with Gasteiger partial charge in [0.2, 0.25) is 5.91 Å². The van der Waals surface area contributed by atoms with Crippen LogP contribution in [0.3, 0.4) is 0 Å². The Morgan fingerprint density at radius 1 is 1.38 bits per heavy atom. The van der Waals surface area contributed by atoms with E-state index in [-0.39, 0.29) is 30.2 Å². The molecule has 2 saturated carbocycles. The molecule has 0 spiro atoms. The van der Waals surface area contributed by atoms with Gasteiger partial charge in [-0.15, -0.1) is 0 Å². The number of aromatic amines is 1. The van der Waals surface area contributed by atoms with Crippen molar-refractivity contribution in [3.05, 3.63) is 29.3 Å². The average Bonchev–Trinajstić information content (AvgIpc) is 3.01. The number of ether oxygens (including phenoxy) is 1. The molecule has 4 rings (SSSR count). The van der Waals surface area contributed by atoms with Crippen LogP contribution in [0.15, 0.2) is 16.7 Å². The normalized spacial score (nSPS) is 24.9. The van der Waals surface area contributed by atoms with Crippen LogP contribution in [0.2, 0.25) is 0 Å². The summed E-state index contributed by atoms with van der Waals surface area (Å²) in [5.74, 6) is 0.348. The summed E-state index contributed by atoms with van der Waals surface area (Å²) in [4.78, 5) is 24.0. The lowest BCUT2D eigenvalue weighted by Gasteiger charge is -2.17. The summed E-state index contributed by atoms with van der Waals surface area (Å²) in [7, 11) is 0. The van der Waals surface area contributed by atoms with Gasteiger partial charge < -0.3 is 19.9 Å². The smallest absolute Gasteiger partial charge is 0.407 e. The highest BCUT2D eigenvalue weighted by Crippen LogP contribution is 2.38. The Kier molecular flexibility index (Phi) is 5.01. The van der Waals surface area contributed by atoms with Gasteiger partial charge in [0.1, 0.15) is 18.0 Å². The molecule has 9 nitrogen and oxygen atoms in total. The van der Waals surface area contributed by atoms with Crippen molar-refractivity contribution in [2.45, 2.75) is 69.7 Å². The second kappa shape index (κ2) is 7.49. The third kappa shape index (κ3) is 4.75. The largest absolute Gasteiger partial charge is 0.443 e. The zero-order chi connectivity index (χ0) is 20.6. The van der Waals surface area contributed by atoms with Crippen LogP contribution in [0.5, 0.6) is 0 Å². The molecule has 2 aliphatic carbocycles. The van der Waals surface area contributed by atoms with E-state index in [2.05, 4.69) is 26.0 Å². The molecule has 2 aromatic rings. The number of carbonyl (C=O) groups is 2. The first kappa shape index (κ1) is 19.4. The number of H-pyrrole nitrogens is 1. The highest BCUT2D eigenvalue weighted by atomic mass is 19.1. The quantitative estimate of drug-likeness (QED) is 0.679. The second-order valence-corrected chi connectivity index (χ2v) is 8.18. The van der Waals surface area contributed by atoms with E-state index in [1.165, 1.54) is 0 Å². The van der Waals surface area contributed by atoms with Crippen LogP contribution in [-0.4, -0.2) is 45.2 Å². The SMILES string of the molecule is Cc1cc(CC(=O)Nc2cc([C@H]3C[C@@H](F)[C@@H](OC(=O)NC4(C)CC4)C3)[nH]n2)on1. The number of amides is 2. The van der Waals surface area contributed by atoms with Crippen molar-refractivity contribution in [2.75, 3.05) is 5.32 Å². The Bertz CT molecular complexity index is 906. The van der Waals surface area contributed by atoms with Crippen molar-refractivity contribution in [1.82, 2.24) is 20.7 Å². The summed E-state index contributed by atoms with van der Waals surface area (Å²) in [5.41, 5.74) is 1.19. The molecule has 0 aliphatic heterocycles. The van der Waals surface area contributed by atoms with Crippen LogP contribution in [0, 0.1) is 6.92 Å². The molecule has 2 heterocycles. The van der Waals surface area contributed by atoms with Gasteiger partial charge in [-0.3, -0.25) is 9.89 Å². The fraction of sp³-hybridized carbons (Fsp3) is 0.579. The molecule has 0 unspecified atom stereocenters. The van der Waals surface area contributed by atoms with Gasteiger partial charge in [0.15, 0.2) is 5.82 Å². The average molecular weight is 405 g/mol. The van der Waals surface area contributed by atoms with Gasteiger partial charge in [-0.2, -0.15) is 5.10 Å². The number of hydrogen-bond donors (Lipinski definition) is 3. The first-order valence-corrected chi connectivity index (χ1v) is 9.70. The maximum Gasteiger partial charge on any atom is 0.407 e. The first-order valence-electron chi connectivity index (χ1n) is 9.70. The molecule has 29 heavy (non-hydrogen) atoms. The van der Waals surface area contributed by atoms with Crippen molar-refractivity contribution < 1.29 is 23.2 Å². The lowest BCUT2D eigenvalue weighted by atomic mass is 10.0. The molecule has 3 N–H and O–H groups in total. The molecule has 2 aliphatic rings. The maximum absolute atomic E-state index is 14.4. The number of alkyl carbamates (subject to hydrolysis) is 1. The summed E-state index contributed by atoms with van der Waals surface area (Å²) >= 11 is 0. The van der Waals surface area contributed by atoms with Gasteiger partial charge >= 0.3 is 6.09 Å². The highest BCUT2D eigenvalue weighted by Gasteiger charge is 2.42. The fourth-order valence-corrected chi connectivity index (χ4v) is 3.50. The van der Waals surface area contributed by atoms with Crippen molar-refractivity contribution in [3.63, 3.8) is 0 Å². The summed E-state index contributed by atoms with van der Waals surface area (Å²) in [6, 6.07) is 3.37. The molecular weight excluding hydrogens is 381 g/mol. The van der Waals surface area contributed by atoms with E-state index in [9.17, 15) is 14.0 Å². The van der Waals surface area contributed by atoms with Gasteiger partial charge in [-0.05, 0) is 39.5 Å². The van der Waals surface area contributed by atoms with E-state index in [0.29, 0.717) is 29.4 Å². The highest BCUT2D eigenvalue weighted by molar-refractivity contribution is 5.91. The lowest BCUT2D eigenvalue weighted by Crippen LogP contribution is -2.38. The number of aryl methyl sites for hydroxylation is 1. The molecule has 0 aromatic carbocycles. The topological polar surface area (TPSA) is 122 Å². The zero-order valence-corrected chi connectivity index (χ0v) is 16.3. The van der Waals surface area contributed by atoms with E-state index in [1.54, 1.807) is 19.1 Å². The van der Waals surface area contributed by atoms with Gasteiger partial charge in [0.05, 0.1) is 12.1 Å². The first-order chi connectivity index (χ1) is 13.8. The minimum absolute atomic E-state index is 0.0446. The summed E-state index contributed by atoms with van der Waals surface area (Å²) in [5, 5.41) is 16.1. The van der Waals surface area contributed by atoms with Crippen LogP contribution < -0.4 is 10.6 Å². The molecule has 2 fully saturated rings. The minimum Gasteiger partial charge on any atom is -0.443 e. The van der Waals surface area contributed by atoms with Gasteiger partial charge in [-0.1, -0.05) is 5.16 Å². The number of carbonyl (C=O) groups excluding carboxylic acids is 2. The summed E-state index contributed by atoms with van der Waals surface area (Å²) in [6.07, 6.45) is -0.158. The van der Waals surface area contributed by atoms with E-state index in [4.69, 9.17) is 9.26 Å². The summed E-state index contributed by atoms with van der Waals surface area (Å²) in [6.45, 7) is 3.71. The van der Waals surface area contributed by atoms with Crippen LogP contribution >= 0.6 is 0 Å². The van der Waals surface area contributed by atoms with Crippen LogP contribution in [0.25, 0.3) is 0 Å². The molecule has 3 atom stereocenters. The monoisotopic (exact) mass is 405 g/mol. The standard InChI is InChI=1S/C19H24FN5O4/c1-10-5-12(29-25-10)8-17(26)21-16-9-14(23-24-16)11-6-13(20)15(7-11)28-18(27)22-19(2)3-4-19/h5,9,11,13,15H,3-4,6-8H2,1-2H3,(H,22,27)(H2,21,23,24,26)/t11-,13+,15-/m0/s1. The number of nitrogens with zero attached hydrogens (tertiary/aromatic N) is 2. The number of alkyl halides is 1. The Hall–Kier alpha value is -2.91. The molecule has 0 radical (unpaired) electrons. The van der Waals surface area contributed by atoms with Gasteiger partial charge in [-0.25, -0.2) is 9.18 Å². The van der Waals surface area contributed by atoms with Crippen molar-refractivity contribution >= 4 is 17.8 Å². The number of hydrogen-bond acceptors (Lipinski definition) is 6. The Balaban J connectivity index is 1.29. The molecule has 0 bridgehead atoms. The number of rotatable bonds is 6. The van der Waals surface area contributed by atoms with E-state index in [1.807, 2.05) is 6.92 Å². The van der Waals surface area contributed by atoms with Crippen molar-refractivity contribution in [3.8, 4) is 0 Å². The summed E-state index contributed by atoms with van der Waals surface area (Å²) < 4.78 is 24.7. The number of anilines is 1. The number of aromatic nitrogens is 3. The Morgan fingerprint density at radius 3 is 2.86 bits per heavy atom. The second-order valence-electron chi connectivity index (χ2n) is 8.18. The third-order valence-corrected chi connectivity index (χ3v) is 5.41. The molecule has 2 aromatic heterocycles.